The molecular weight excluding hydrogens is 252 g/mol. The molecule has 0 spiro atoms. The van der Waals surface area contributed by atoms with E-state index in [0.29, 0.717) is 11.7 Å². The van der Waals surface area contributed by atoms with Crippen molar-refractivity contribution in [3.63, 3.8) is 0 Å². The number of rotatable bonds is 6. The number of halogens is 1. The number of hydrogen-bond donors (Lipinski definition) is 2. The highest BCUT2D eigenvalue weighted by atomic mass is 35.5. The summed E-state index contributed by atoms with van der Waals surface area (Å²) in [6.45, 7) is 6.25. The Labute approximate surface area is 113 Å². The van der Waals surface area contributed by atoms with Gasteiger partial charge in [0.1, 0.15) is 5.82 Å². The summed E-state index contributed by atoms with van der Waals surface area (Å²) < 4.78 is 5.30. The molecule has 1 aliphatic rings. The van der Waals surface area contributed by atoms with Crippen LogP contribution in [0.3, 0.4) is 0 Å². The number of morpholine rings is 1. The zero-order valence-corrected chi connectivity index (χ0v) is 11.6. The van der Waals surface area contributed by atoms with Gasteiger partial charge >= 0.3 is 0 Å². The molecule has 18 heavy (non-hydrogen) atoms. The molecule has 0 aromatic carbocycles. The van der Waals surface area contributed by atoms with E-state index in [-0.39, 0.29) is 0 Å². The highest BCUT2D eigenvalue weighted by Crippen LogP contribution is 2.14. The van der Waals surface area contributed by atoms with Gasteiger partial charge in [0.05, 0.1) is 25.5 Å². The maximum atomic E-state index is 6.12. The normalized spacial score (nSPS) is 17.2. The number of H-pyrrole nitrogens is 1. The van der Waals surface area contributed by atoms with Crippen LogP contribution in [0.5, 0.6) is 0 Å². The van der Waals surface area contributed by atoms with Crippen LogP contribution in [0.1, 0.15) is 31.3 Å². The third kappa shape index (κ3) is 3.95. The summed E-state index contributed by atoms with van der Waals surface area (Å²) >= 11 is 6.12. The van der Waals surface area contributed by atoms with E-state index in [2.05, 4.69) is 27.3 Å². The zero-order valence-electron chi connectivity index (χ0n) is 10.8. The highest BCUT2D eigenvalue weighted by Gasteiger charge is 2.12. The van der Waals surface area contributed by atoms with Gasteiger partial charge in [0.25, 0.3) is 0 Å². The molecule has 0 saturated carbocycles. The SMILES string of the molecule is CCCCc1nc(Cl)c(CNN2CCOCC2)[nH]1. The van der Waals surface area contributed by atoms with E-state index in [1.165, 1.54) is 6.42 Å². The minimum atomic E-state index is 0.585. The van der Waals surface area contributed by atoms with Crippen molar-refractivity contribution in [2.45, 2.75) is 32.7 Å². The van der Waals surface area contributed by atoms with Crippen molar-refractivity contribution >= 4 is 11.6 Å². The number of imidazole rings is 1. The minimum absolute atomic E-state index is 0.585. The Kier molecular flexibility index (Phi) is 5.44. The van der Waals surface area contributed by atoms with Crippen LogP contribution in [0, 0.1) is 0 Å². The fourth-order valence-corrected chi connectivity index (χ4v) is 2.15. The lowest BCUT2D eigenvalue weighted by molar-refractivity contribution is 0.0104. The maximum absolute atomic E-state index is 6.12. The molecular formula is C12H21ClN4O. The predicted octanol–water partition coefficient (Wildman–Crippen LogP) is 1.74. The summed E-state index contributed by atoms with van der Waals surface area (Å²) in [7, 11) is 0. The summed E-state index contributed by atoms with van der Waals surface area (Å²) in [5.41, 5.74) is 4.31. The molecule has 1 aliphatic heterocycles. The Morgan fingerprint density at radius 3 is 2.94 bits per heavy atom. The van der Waals surface area contributed by atoms with Gasteiger partial charge in [-0.1, -0.05) is 24.9 Å². The molecule has 0 aliphatic carbocycles. The zero-order chi connectivity index (χ0) is 12.8. The number of unbranched alkanes of at least 4 members (excludes halogenated alkanes) is 1. The number of aromatic nitrogens is 2. The van der Waals surface area contributed by atoms with Crippen molar-refractivity contribution in [3.8, 4) is 0 Å². The molecule has 5 nitrogen and oxygen atoms in total. The second-order valence-corrected chi connectivity index (χ2v) is 4.85. The Hall–Kier alpha value is -0.620. The largest absolute Gasteiger partial charge is 0.379 e. The molecule has 2 rings (SSSR count). The second kappa shape index (κ2) is 7.09. The molecule has 0 amide bonds. The van der Waals surface area contributed by atoms with Crippen LogP contribution in [0.2, 0.25) is 5.15 Å². The van der Waals surface area contributed by atoms with Crippen LogP contribution in [0.25, 0.3) is 0 Å². The topological polar surface area (TPSA) is 53.2 Å². The first-order valence-corrected chi connectivity index (χ1v) is 6.97. The van der Waals surface area contributed by atoms with Gasteiger partial charge in [-0.3, -0.25) is 0 Å². The molecule has 0 atom stereocenters. The van der Waals surface area contributed by atoms with E-state index in [0.717, 1.165) is 50.7 Å². The van der Waals surface area contributed by atoms with Crippen LogP contribution < -0.4 is 5.43 Å². The number of aryl methyl sites for hydroxylation is 1. The Balaban J connectivity index is 1.82. The van der Waals surface area contributed by atoms with Gasteiger partial charge < -0.3 is 9.72 Å². The quantitative estimate of drug-likeness (QED) is 0.828. The van der Waals surface area contributed by atoms with Gasteiger partial charge in [-0.25, -0.2) is 15.4 Å². The number of aromatic amines is 1. The van der Waals surface area contributed by atoms with E-state index in [4.69, 9.17) is 16.3 Å². The number of hydrogen-bond acceptors (Lipinski definition) is 4. The summed E-state index contributed by atoms with van der Waals surface area (Å²) in [6, 6.07) is 0. The van der Waals surface area contributed by atoms with E-state index in [1.807, 2.05) is 0 Å². The molecule has 1 saturated heterocycles. The van der Waals surface area contributed by atoms with Gasteiger partial charge in [-0.2, -0.15) is 0 Å². The Morgan fingerprint density at radius 1 is 1.44 bits per heavy atom. The predicted molar refractivity (Wildman–Crippen MR) is 71.4 cm³/mol. The fraction of sp³-hybridized carbons (Fsp3) is 0.750. The average Bonchev–Trinajstić information content (AvgIpc) is 2.76. The maximum Gasteiger partial charge on any atom is 0.151 e. The number of nitrogens with one attached hydrogen (secondary N) is 2. The van der Waals surface area contributed by atoms with Crippen LogP contribution in [0.15, 0.2) is 0 Å². The van der Waals surface area contributed by atoms with Crippen molar-refractivity contribution < 1.29 is 4.74 Å². The van der Waals surface area contributed by atoms with E-state index in [9.17, 15) is 0 Å². The molecule has 2 N–H and O–H groups in total. The molecule has 2 heterocycles. The number of nitrogens with zero attached hydrogens (tertiary/aromatic N) is 2. The summed E-state index contributed by atoms with van der Waals surface area (Å²) in [6.07, 6.45) is 3.27. The molecule has 102 valence electrons. The van der Waals surface area contributed by atoms with Crippen molar-refractivity contribution in [2.24, 2.45) is 0 Å². The van der Waals surface area contributed by atoms with Gasteiger partial charge in [0, 0.05) is 19.5 Å². The molecule has 0 unspecified atom stereocenters. The summed E-state index contributed by atoms with van der Waals surface area (Å²) in [5, 5.41) is 2.74. The van der Waals surface area contributed by atoms with Crippen LogP contribution in [-0.2, 0) is 17.7 Å². The summed E-state index contributed by atoms with van der Waals surface area (Å²) in [4.78, 5) is 7.63. The third-order valence-corrected chi connectivity index (χ3v) is 3.35. The van der Waals surface area contributed by atoms with E-state index < -0.39 is 0 Å². The van der Waals surface area contributed by atoms with Crippen LogP contribution in [-0.4, -0.2) is 41.3 Å². The first-order chi connectivity index (χ1) is 8.79. The lowest BCUT2D eigenvalue weighted by Gasteiger charge is -2.26. The van der Waals surface area contributed by atoms with E-state index >= 15 is 0 Å². The second-order valence-electron chi connectivity index (χ2n) is 4.49. The van der Waals surface area contributed by atoms with Crippen molar-refractivity contribution in [3.05, 3.63) is 16.7 Å². The molecule has 6 heteroatoms. The van der Waals surface area contributed by atoms with Crippen molar-refractivity contribution in [2.75, 3.05) is 26.3 Å². The first kappa shape index (κ1) is 13.8. The lowest BCUT2D eigenvalue weighted by atomic mass is 10.2. The Bertz CT molecular complexity index is 363. The van der Waals surface area contributed by atoms with Crippen molar-refractivity contribution in [1.82, 2.24) is 20.4 Å². The lowest BCUT2D eigenvalue weighted by Crippen LogP contribution is -2.45. The number of ether oxygens (including phenoxy) is 1. The highest BCUT2D eigenvalue weighted by molar-refractivity contribution is 6.30. The van der Waals surface area contributed by atoms with Crippen LogP contribution >= 0.6 is 11.6 Å². The molecule has 0 radical (unpaired) electrons. The standard InChI is InChI=1S/C12H21ClN4O/c1-2-3-4-11-15-10(12(13)16-11)9-14-17-5-7-18-8-6-17/h14H,2-9H2,1H3,(H,15,16). The van der Waals surface area contributed by atoms with Gasteiger partial charge in [-0.15, -0.1) is 0 Å². The molecule has 1 fully saturated rings. The fourth-order valence-electron chi connectivity index (χ4n) is 1.93. The smallest absolute Gasteiger partial charge is 0.151 e. The monoisotopic (exact) mass is 272 g/mol. The average molecular weight is 273 g/mol. The van der Waals surface area contributed by atoms with Gasteiger partial charge in [-0.05, 0) is 6.42 Å². The first-order valence-electron chi connectivity index (χ1n) is 6.59. The number of hydrazine groups is 1. The van der Waals surface area contributed by atoms with Gasteiger partial charge in [0.2, 0.25) is 0 Å². The van der Waals surface area contributed by atoms with Crippen molar-refractivity contribution in [1.29, 1.82) is 0 Å². The van der Waals surface area contributed by atoms with E-state index in [1.54, 1.807) is 0 Å². The van der Waals surface area contributed by atoms with Crippen LogP contribution in [0.4, 0.5) is 0 Å². The Morgan fingerprint density at radius 2 is 2.22 bits per heavy atom. The summed E-state index contributed by atoms with van der Waals surface area (Å²) in [5.74, 6) is 0.987. The molecule has 0 bridgehead atoms. The molecule has 1 aromatic rings. The minimum Gasteiger partial charge on any atom is -0.379 e. The molecule has 1 aromatic heterocycles. The van der Waals surface area contributed by atoms with Gasteiger partial charge in [0.15, 0.2) is 5.15 Å². The third-order valence-electron chi connectivity index (χ3n) is 3.03.